The smallest absolute Gasteiger partial charge is 0.170 e. The summed E-state index contributed by atoms with van der Waals surface area (Å²) in [5.74, 6) is 1.05. The molecule has 3 nitrogen and oxygen atoms in total. The number of fused-ring (bicyclic) bond motifs is 1. The predicted molar refractivity (Wildman–Crippen MR) is 81.1 cm³/mol. The normalized spacial score (nSPS) is 17.3. The maximum atomic E-state index is 12.3. The molecule has 1 unspecified atom stereocenters. The highest BCUT2D eigenvalue weighted by Gasteiger charge is 2.28. The van der Waals surface area contributed by atoms with Gasteiger partial charge in [-0.25, -0.2) is 0 Å². The van der Waals surface area contributed by atoms with Gasteiger partial charge in [0.15, 0.2) is 5.78 Å². The summed E-state index contributed by atoms with van der Waals surface area (Å²) in [5.41, 5.74) is 4.26. The van der Waals surface area contributed by atoms with Crippen LogP contribution < -0.4 is 4.74 Å². The van der Waals surface area contributed by atoms with Crippen molar-refractivity contribution < 1.29 is 14.6 Å². The lowest BCUT2D eigenvalue weighted by atomic mass is 9.93. The van der Waals surface area contributed by atoms with E-state index in [0.29, 0.717) is 23.5 Å². The lowest BCUT2D eigenvalue weighted by molar-refractivity contribution is 0.0849. The molecule has 3 heteroatoms. The number of carbonyl (C=O) groups excluding carboxylic acids is 1. The minimum Gasteiger partial charge on any atom is -0.507 e. The van der Waals surface area contributed by atoms with Crippen LogP contribution in [-0.4, -0.2) is 10.9 Å². The summed E-state index contributed by atoms with van der Waals surface area (Å²) in [6.07, 6.45) is 0.0471. The van der Waals surface area contributed by atoms with Gasteiger partial charge in [0.1, 0.15) is 17.6 Å². The Kier molecular flexibility index (Phi) is 3.20. The van der Waals surface area contributed by atoms with Crippen molar-refractivity contribution in [2.24, 2.45) is 0 Å². The summed E-state index contributed by atoms with van der Waals surface area (Å²) >= 11 is 0. The van der Waals surface area contributed by atoms with Gasteiger partial charge >= 0.3 is 0 Å². The van der Waals surface area contributed by atoms with Gasteiger partial charge in [-0.15, -0.1) is 0 Å². The number of benzene rings is 2. The molecule has 2 aromatic rings. The van der Waals surface area contributed by atoms with E-state index < -0.39 is 0 Å². The van der Waals surface area contributed by atoms with Crippen LogP contribution in [0.4, 0.5) is 0 Å². The number of aryl methyl sites for hydroxylation is 3. The summed E-state index contributed by atoms with van der Waals surface area (Å²) in [6.45, 7) is 5.67. The monoisotopic (exact) mass is 282 g/mol. The number of rotatable bonds is 1. The van der Waals surface area contributed by atoms with Gasteiger partial charge < -0.3 is 9.84 Å². The molecule has 0 aliphatic carbocycles. The quantitative estimate of drug-likeness (QED) is 0.859. The molecule has 1 heterocycles. The Balaban J connectivity index is 2.00. The van der Waals surface area contributed by atoms with Gasteiger partial charge in [-0.3, -0.25) is 4.79 Å². The first kappa shape index (κ1) is 13.7. The zero-order chi connectivity index (χ0) is 15.1. The third-order valence-corrected chi connectivity index (χ3v) is 3.96. The van der Waals surface area contributed by atoms with Gasteiger partial charge in [0, 0.05) is 0 Å². The van der Waals surface area contributed by atoms with Gasteiger partial charge in [0.2, 0.25) is 0 Å². The second kappa shape index (κ2) is 4.92. The number of carbonyl (C=O) groups is 1. The molecule has 0 bridgehead atoms. The topological polar surface area (TPSA) is 46.5 Å². The van der Waals surface area contributed by atoms with Crippen molar-refractivity contribution in [2.45, 2.75) is 33.3 Å². The molecule has 1 aliphatic rings. The zero-order valence-electron chi connectivity index (χ0n) is 12.4. The Bertz CT molecular complexity index is 708. The van der Waals surface area contributed by atoms with Crippen molar-refractivity contribution in [2.75, 3.05) is 0 Å². The van der Waals surface area contributed by atoms with Crippen LogP contribution in [0.15, 0.2) is 30.3 Å². The van der Waals surface area contributed by atoms with Crippen LogP contribution in [-0.2, 0) is 0 Å². The molecule has 1 atom stereocenters. The summed E-state index contributed by atoms with van der Waals surface area (Å²) in [4.78, 5) is 12.3. The van der Waals surface area contributed by atoms with E-state index in [-0.39, 0.29) is 11.9 Å². The number of aromatic hydroxyl groups is 1. The van der Waals surface area contributed by atoms with Gasteiger partial charge in [-0.1, -0.05) is 11.6 Å². The Morgan fingerprint density at radius 1 is 1.10 bits per heavy atom. The number of hydrogen-bond donors (Lipinski definition) is 1. The first-order chi connectivity index (χ1) is 9.95. The Morgan fingerprint density at radius 3 is 2.43 bits per heavy atom. The van der Waals surface area contributed by atoms with E-state index in [2.05, 4.69) is 0 Å². The summed E-state index contributed by atoms with van der Waals surface area (Å²) in [5, 5.41) is 9.86. The Labute approximate surface area is 124 Å². The molecule has 0 aromatic heterocycles. The molecular weight excluding hydrogens is 264 g/mol. The number of phenols is 1. The van der Waals surface area contributed by atoms with E-state index in [1.54, 1.807) is 0 Å². The van der Waals surface area contributed by atoms with Crippen molar-refractivity contribution in [1.29, 1.82) is 0 Å². The van der Waals surface area contributed by atoms with E-state index in [1.807, 2.05) is 51.1 Å². The van der Waals surface area contributed by atoms with Gasteiger partial charge in [0.25, 0.3) is 0 Å². The molecule has 0 spiro atoms. The first-order valence-corrected chi connectivity index (χ1v) is 7.06. The average molecular weight is 282 g/mol. The van der Waals surface area contributed by atoms with Crippen LogP contribution in [0.1, 0.15) is 45.1 Å². The minimum atomic E-state index is -0.286. The van der Waals surface area contributed by atoms with Crippen LogP contribution in [0.3, 0.4) is 0 Å². The molecule has 2 aromatic carbocycles. The Hall–Kier alpha value is -2.29. The molecule has 1 aliphatic heterocycles. The number of hydrogen-bond acceptors (Lipinski definition) is 3. The molecule has 0 saturated heterocycles. The molecule has 108 valence electrons. The third-order valence-electron chi connectivity index (χ3n) is 3.96. The molecule has 3 rings (SSSR count). The van der Waals surface area contributed by atoms with E-state index in [9.17, 15) is 9.90 Å². The summed E-state index contributed by atoms with van der Waals surface area (Å²) in [6, 6.07) is 9.46. The van der Waals surface area contributed by atoms with Crippen LogP contribution in [0.2, 0.25) is 0 Å². The van der Waals surface area contributed by atoms with Gasteiger partial charge in [0.05, 0.1) is 12.0 Å². The van der Waals surface area contributed by atoms with Crippen LogP contribution in [0.5, 0.6) is 11.5 Å². The highest BCUT2D eigenvalue weighted by Crippen LogP contribution is 2.37. The van der Waals surface area contributed by atoms with E-state index in [0.717, 1.165) is 22.3 Å². The maximum absolute atomic E-state index is 12.3. The van der Waals surface area contributed by atoms with Crippen LogP contribution in [0, 0.1) is 20.8 Å². The SMILES string of the molecule is Cc1ccc2c(c1)C(=O)CC(c1cc(C)c(O)c(C)c1)O2. The fraction of sp³-hybridized carbons (Fsp3) is 0.278. The molecule has 21 heavy (non-hydrogen) atoms. The lowest BCUT2D eigenvalue weighted by Crippen LogP contribution is -2.20. The molecule has 0 fully saturated rings. The number of ketones is 1. The number of Topliss-reactive ketones (excluding diaryl/α,β-unsaturated/α-hetero) is 1. The molecule has 1 N–H and O–H groups in total. The highest BCUT2D eigenvalue weighted by atomic mass is 16.5. The third kappa shape index (κ3) is 2.40. The standard InChI is InChI=1S/C18H18O3/c1-10-4-5-16-14(6-10)15(19)9-17(21-16)13-7-11(2)18(20)12(3)8-13/h4-8,17,20H,9H2,1-3H3. The fourth-order valence-corrected chi connectivity index (χ4v) is 2.80. The van der Waals surface area contributed by atoms with Crippen molar-refractivity contribution >= 4 is 5.78 Å². The maximum Gasteiger partial charge on any atom is 0.170 e. The van der Waals surface area contributed by atoms with Gasteiger partial charge in [-0.2, -0.15) is 0 Å². The minimum absolute atomic E-state index is 0.105. The molecule has 0 saturated carbocycles. The molecule has 0 radical (unpaired) electrons. The second-order valence-corrected chi connectivity index (χ2v) is 5.74. The molecular formula is C18H18O3. The van der Waals surface area contributed by atoms with Gasteiger partial charge in [-0.05, 0) is 61.7 Å². The van der Waals surface area contributed by atoms with Crippen LogP contribution in [0.25, 0.3) is 0 Å². The highest BCUT2D eigenvalue weighted by molar-refractivity contribution is 6.00. The van der Waals surface area contributed by atoms with Crippen LogP contribution >= 0.6 is 0 Å². The van der Waals surface area contributed by atoms with Crippen molar-refractivity contribution in [3.05, 3.63) is 58.1 Å². The average Bonchev–Trinajstić information content (AvgIpc) is 2.44. The summed E-state index contributed by atoms with van der Waals surface area (Å²) in [7, 11) is 0. The second-order valence-electron chi connectivity index (χ2n) is 5.74. The molecule has 0 amide bonds. The van der Waals surface area contributed by atoms with E-state index >= 15 is 0 Å². The fourth-order valence-electron chi connectivity index (χ4n) is 2.80. The largest absolute Gasteiger partial charge is 0.507 e. The zero-order valence-corrected chi connectivity index (χ0v) is 12.4. The number of ether oxygens (including phenoxy) is 1. The lowest BCUT2D eigenvalue weighted by Gasteiger charge is -2.26. The van der Waals surface area contributed by atoms with Crippen molar-refractivity contribution in [3.63, 3.8) is 0 Å². The van der Waals surface area contributed by atoms with Crippen molar-refractivity contribution in [3.8, 4) is 11.5 Å². The van der Waals surface area contributed by atoms with Crippen molar-refractivity contribution in [1.82, 2.24) is 0 Å². The van der Waals surface area contributed by atoms with E-state index in [4.69, 9.17) is 4.74 Å². The predicted octanol–water partition coefficient (Wildman–Crippen LogP) is 4.02. The number of phenolic OH excluding ortho intramolecular Hbond substituents is 1. The van der Waals surface area contributed by atoms with E-state index in [1.165, 1.54) is 0 Å². The first-order valence-electron chi connectivity index (χ1n) is 7.06. The summed E-state index contributed by atoms with van der Waals surface area (Å²) < 4.78 is 5.99. The Morgan fingerprint density at radius 2 is 1.76 bits per heavy atom.